The number of hydrogen-bond donors (Lipinski definition) is 2. The maximum atomic E-state index is 11.4. The van der Waals surface area contributed by atoms with Gasteiger partial charge in [-0.3, -0.25) is 9.59 Å². The fourth-order valence-corrected chi connectivity index (χ4v) is 2.04. The number of sulfone groups is 1. The average molecular weight is 265 g/mol. The van der Waals surface area contributed by atoms with Crippen LogP contribution >= 0.6 is 0 Å². The van der Waals surface area contributed by atoms with Gasteiger partial charge in [0.1, 0.15) is 5.75 Å². The van der Waals surface area contributed by atoms with E-state index in [-0.39, 0.29) is 0 Å². The summed E-state index contributed by atoms with van der Waals surface area (Å²) in [4.78, 5) is 21.8. The Balaban J connectivity index is 4.24. The molecule has 0 aromatic rings. The normalized spacial score (nSPS) is 13.4. The van der Waals surface area contributed by atoms with Crippen LogP contribution in [0.3, 0.4) is 0 Å². The van der Waals surface area contributed by atoms with Gasteiger partial charge in [0.05, 0.1) is 0 Å². The molecule has 1 amide bonds. The molecule has 7 heteroatoms. The Labute approximate surface area is 101 Å². The quantitative estimate of drug-likeness (QED) is 0.676. The number of carbonyl (C=O) groups excluding carboxylic acids is 1. The molecule has 0 bridgehead atoms. The van der Waals surface area contributed by atoms with Crippen LogP contribution in [0, 0.1) is 5.92 Å². The highest BCUT2D eigenvalue weighted by Gasteiger charge is 2.29. The summed E-state index contributed by atoms with van der Waals surface area (Å²) in [6, 6.07) is 0. The lowest BCUT2D eigenvalue weighted by Gasteiger charge is -2.09. The van der Waals surface area contributed by atoms with Crippen LogP contribution in [0.25, 0.3) is 0 Å². The molecule has 0 fully saturated rings. The standard InChI is InChI=1S/C10H19NO5S/c1-7(2)4-5-11-9(12)6-17(15,16)8(3)10(13)14/h7-8H,4-6H2,1-3H3,(H,11,12)(H,13,14). The van der Waals surface area contributed by atoms with Gasteiger partial charge >= 0.3 is 5.97 Å². The van der Waals surface area contributed by atoms with E-state index in [1.165, 1.54) is 0 Å². The SMILES string of the molecule is CC(C)CCNC(=O)CS(=O)(=O)C(C)C(=O)O. The molecule has 100 valence electrons. The molecule has 0 aromatic heterocycles. The van der Waals surface area contributed by atoms with E-state index < -0.39 is 32.7 Å². The third-order valence-electron chi connectivity index (χ3n) is 2.26. The van der Waals surface area contributed by atoms with E-state index in [9.17, 15) is 18.0 Å². The van der Waals surface area contributed by atoms with E-state index >= 15 is 0 Å². The molecule has 17 heavy (non-hydrogen) atoms. The van der Waals surface area contributed by atoms with Crippen molar-refractivity contribution in [2.24, 2.45) is 5.92 Å². The van der Waals surface area contributed by atoms with E-state index in [0.717, 1.165) is 13.3 Å². The Hall–Kier alpha value is -1.11. The minimum Gasteiger partial charge on any atom is -0.480 e. The number of carboxylic acids is 1. The zero-order valence-electron chi connectivity index (χ0n) is 10.3. The molecule has 6 nitrogen and oxygen atoms in total. The molecule has 0 aliphatic rings. The van der Waals surface area contributed by atoms with Crippen molar-refractivity contribution in [2.75, 3.05) is 12.3 Å². The zero-order chi connectivity index (χ0) is 13.6. The molecule has 1 unspecified atom stereocenters. The van der Waals surface area contributed by atoms with Gasteiger partial charge in [0.25, 0.3) is 0 Å². The third kappa shape index (κ3) is 6.25. The number of carboxylic acid groups (broad SMARTS) is 1. The van der Waals surface area contributed by atoms with Crippen LogP contribution in [0.15, 0.2) is 0 Å². The Morgan fingerprint density at radius 1 is 1.24 bits per heavy atom. The molecule has 0 rings (SSSR count). The predicted octanol–water partition coefficient (Wildman–Crippen LogP) is 0.0366. The molecule has 0 saturated carbocycles. The summed E-state index contributed by atoms with van der Waals surface area (Å²) in [5.74, 6) is -2.47. The van der Waals surface area contributed by atoms with Crippen molar-refractivity contribution in [2.45, 2.75) is 32.4 Å². The number of aliphatic carboxylic acids is 1. The zero-order valence-corrected chi connectivity index (χ0v) is 11.1. The van der Waals surface area contributed by atoms with E-state index in [2.05, 4.69) is 5.32 Å². The van der Waals surface area contributed by atoms with Gasteiger partial charge in [-0.2, -0.15) is 0 Å². The summed E-state index contributed by atoms with van der Waals surface area (Å²) in [5, 5.41) is 9.46. The van der Waals surface area contributed by atoms with Crippen LogP contribution in [-0.2, 0) is 19.4 Å². The van der Waals surface area contributed by atoms with Crippen LogP contribution in [-0.4, -0.2) is 42.9 Å². The van der Waals surface area contributed by atoms with Gasteiger partial charge in [0.15, 0.2) is 15.1 Å². The van der Waals surface area contributed by atoms with Crippen molar-refractivity contribution in [3.05, 3.63) is 0 Å². The van der Waals surface area contributed by atoms with Gasteiger partial charge < -0.3 is 10.4 Å². The Morgan fingerprint density at radius 3 is 2.18 bits per heavy atom. The molecule has 0 saturated heterocycles. The lowest BCUT2D eigenvalue weighted by molar-refractivity contribution is -0.136. The number of amides is 1. The summed E-state index contributed by atoms with van der Waals surface area (Å²) < 4.78 is 22.9. The Kier molecular flexibility index (Phi) is 6.15. The first-order valence-corrected chi connectivity index (χ1v) is 7.09. The van der Waals surface area contributed by atoms with E-state index in [4.69, 9.17) is 5.11 Å². The molecule has 0 spiro atoms. The first-order chi connectivity index (χ1) is 7.66. The molecule has 1 atom stereocenters. The lowest BCUT2D eigenvalue weighted by atomic mass is 10.1. The summed E-state index contributed by atoms with van der Waals surface area (Å²) >= 11 is 0. The fourth-order valence-electron chi connectivity index (χ4n) is 1.01. The van der Waals surface area contributed by atoms with E-state index in [1.807, 2.05) is 13.8 Å². The predicted molar refractivity (Wildman–Crippen MR) is 63.3 cm³/mol. The van der Waals surface area contributed by atoms with Gasteiger partial charge in [0.2, 0.25) is 5.91 Å². The van der Waals surface area contributed by atoms with Crippen molar-refractivity contribution >= 4 is 21.7 Å². The van der Waals surface area contributed by atoms with Crippen molar-refractivity contribution < 1.29 is 23.1 Å². The lowest BCUT2D eigenvalue weighted by Crippen LogP contribution is -2.37. The summed E-state index contributed by atoms with van der Waals surface area (Å²) in [6.45, 7) is 5.41. The van der Waals surface area contributed by atoms with Gasteiger partial charge in [-0.05, 0) is 19.3 Å². The highest BCUT2D eigenvalue weighted by atomic mass is 32.2. The van der Waals surface area contributed by atoms with Crippen LogP contribution < -0.4 is 5.32 Å². The van der Waals surface area contributed by atoms with Crippen LogP contribution in [0.1, 0.15) is 27.2 Å². The van der Waals surface area contributed by atoms with Crippen LogP contribution in [0.2, 0.25) is 0 Å². The van der Waals surface area contributed by atoms with Crippen LogP contribution in [0.4, 0.5) is 0 Å². The smallest absolute Gasteiger partial charge is 0.321 e. The molecule has 0 radical (unpaired) electrons. The minimum atomic E-state index is -3.92. The number of rotatable bonds is 7. The monoisotopic (exact) mass is 265 g/mol. The van der Waals surface area contributed by atoms with Crippen LogP contribution in [0.5, 0.6) is 0 Å². The second kappa shape index (κ2) is 6.58. The maximum absolute atomic E-state index is 11.4. The second-order valence-corrected chi connectivity index (χ2v) is 6.64. The molecule has 0 heterocycles. The Morgan fingerprint density at radius 2 is 1.76 bits per heavy atom. The Bertz CT molecular complexity index is 374. The highest BCUT2D eigenvalue weighted by molar-refractivity contribution is 7.93. The van der Waals surface area contributed by atoms with E-state index in [0.29, 0.717) is 12.5 Å². The van der Waals surface area contributed by atoms with Gasteiger partial charge in [-0.1, -0.05) is 13.8 Å². The molecular weight excluding hydrogens is 246 g/mol. The summed E-state index contributed by atoms with van der Waals surface area (Å²) in [7, 11) is -3.92. The summed E-state index contributed by atoms with van der Waals surface area (Å²) in [5.41, 5.74) is 0. The molecule has 0 aliphatic carbocycles. The molecule has 2 N–H and O–H groups in total. The molecular formula is C10H19NO5S. The van der Waals surface area contributed by atoms with Crippen molar-refractivity contribution in [1.82, 2.24) is 5.32 Å². The van der Waals surface area contributed by atoms with Gasteiger partial charge in [-0.15, -0.1) is 0 Å². The fraction of sp³-hybridized carbons (Fsp3) is 0.800. The number of carbonyl (C=O) groups is 2. The van der Waals surface area contributed by atoms with Crippen molar-refractivity contribution in [3.8, 4) is 0 Å². The molecule has 0 aromatic carbocycles. The van der Waals surface area contributed by atoms with E-state index in [1.54, 1.807) is 0 Å². The second-order valence-electron chi connectivity index (χ2n) is 4.32. The van der Waals surface area contributed by atoms with Gasteiger partial charge in [0, 0.05) is 6.54 Å². The van der Waals surface area contributed by atoms with Crippen molar-refractivity contribution in [3.63, 3.8) is 0 Å². The largest absolute Gasteiger partial charge is 0.480 e. The van der Waals surface area contributed by atoms with Gasteiger partial charge in [-0.25, -0.2) is 8.42 Å². The topological polar surface area (TPSA) is 101 Å². The minimum absolute atomic E-state index is 0.396. The maximum Gasteiger partial charge on any atom is 0.321 e. The number of nitrogens with one attached hydrogen (secondary N) is 1. The highest BCUT2D eigenvalue weighted by Crippen LogP contribution is 2.02. The first-order valence-electron chi connectivity index (χ1n) is 5.38. The summed E-state index contributed by atoms with van der Waals surface area (Å²) in [6.07, 6.45) is 0.750. The average Bonchev–Trinajstić information content (AvgIpc) is 2.14. The first kappa shape index (κ1) is 15.9. The third-order valence-corrected chi connectivity index (χ3v) is 4.21. The number of hydrogen-bond acceptors (Lipinski definition) is 4. The van der Waals surface area contributed by atoms with Crippen molar-refractivity contribution in [1.29, 1.82) is 0 Å². The molecule has 0 aliphatic heterocycles.